The van der Waals surface area contributed by atoms with Gasteiger partial charge in [-0.2, -0.15) is 0 Å². The zero-order valence-electron chi connectivity index (χ0n) is 9.90. The average molecular weight is 305 g/mol. The fourth-order valence-electron chi connectivity index (χ4n) is 2.19. The maximum Gasteiger partial charge on any atom is 0.128 e. The van der Waals surface area contributed by atoms with Crippen molar-refractivity contribution in [3.8, 4) is 0 Å². The predicted molar refractivity (Wildman–Crippen MR) is 66.4 cm³/mol. The lowest BCUT2D eigenvalue weighted by Gasteiger charge is -2.29. The molecule has 0 spiro atoms. The van der Waals surface area contributed by atoms with Crippen molar-refractivity contribution in [1.29, 1.82) is 0 Å². The van der Waals surface area contributed by atoms with Crippen LogP contribution in [0, 0.1) is 18.6 Å². The maximum atomic E-state index is 13.9. The van der Waals surface area contributed by atoms with E-state index < -0.39 is 5.60 Å². The van der Waals surface area contributed by atoms with Crippen LogP contribution < -0.4 is 0 Å². The monoisotopic (exact) mass is 304 g/mol. The summed E-state index contributed by atoms with van der Waals surface area (Å²) < 4.78 is 33.0. The van der Waals surface area contributed by atoms with Crippen LogP contribution in [-0.4, -0.2) is 12.2 Å². The van der Waals surface area contributed by atoms with Gasteiger partial charge in [-0.1, -0.05) is 15.9 Å². The third kappa shape index (κ3) is 2.38. The Hall–Kier alpha value is -0.480. The van der Waals surface area contributed by atoms with E-state index in [0.29, 0.717) is 17.7 Å². The Morgan fingerprint density at radius 3 is 2.65 bits per heavy atom. The summed E-state index contributed by atoms with van der Waals surface area (Å²) in [5.74, 6) is -0.769. The number of hydrogen-bond donors (Lipinski definition) is 0. The van der Waals surface area contributed by atoms with Gasteiger partial charge in [0.2, 0.25) is 0 Å². The Morgan fingerprint density at radius 2 is 2.06 bits per heavy atom. The Labute approximate surface area is 108 Å². The van der Waals surface area contributed by atoms with Crippen LogP contribution in [0.1, 0.15) is 35.7 Å². The van der Waals surface area contributed by atoms with Gasteiger partial charge in [0.05, 0.1) is 10.4 Å². The number of benzene rings is 1. The first-order chi connectivity index (χ1) is 7.94. The highest BCUT2D eigenvalue weighted by Crippen LogP contribution is 2.44. The van der Waals surface area contributed by atoms with Crippen molar-refractivity contribution in [2.24, 2.45) is 0 Å². The molecule has 0 aromatic heterocycles. The Kier molecular flexibility index (Phi) is 3.55. The molecule has 1 aliphatic heterocycles. The summed E-state index contributed by atoms with van der Waals surface area (Å²) >= 11 is 3.45. The highest BCUT2D eigenvalue weighted by Gasteiger charge is 2.39. The van der Waals surface area contributed by atoms with Crippen molar-refractivity contribution in [2.75, 3.05) is 6.61 Å². The lowest BCUT2D eigenvalue weighted by atomic mass is 9.92. The van der Waals surface area contributed by atoms with Gasteiger partial charge < -0.3 is 4.74 Å². The SMILES string of the molecule is Cc1cc(F)c(C(Br)C2(C)CCCO2)cc1F. The van der Waals surface area contributed by atoms with Crippen LogP contribution in [-0.2, 0) is 4.74 Å². The molecule has 1 heterocycles. The van der Waals surface area contributed by atoms with Crippen LogP contribution in [0.4, 0.5) is 8.78 Å². The van der Waals surface area contributed by atoms with Crippen LogP contribution >= 0.6 is 15.9 Å². The van der Waals surface area contributed by atoms with Gasteiger partial charge in [-0.15, -0.1) is 0 Å². The summed E-state index contributed by atoms with van der Waals surface area (Å²) in [6.45, 7) is 4.16. The zero-order valence-corrected chi connectivity index (χ0v) is 11.5. The van der Waals surface area contributed by atoms with Gasteiger partial charge in [0.25, 0.3) is 0 Å². The molecule has 4 heteroatoms. The minimum absolute atomic E-state index is 0.323. The first-order valence-electron chi connectivity index (χ1n) is 5.67. The Morgan fingerprint density at radius 1 is 1.35 bits per heavy atom. The lowest BCUT2D eigenvalue weighted by Crippen LogP contribution is -2.29. The number of halogens is 3. The molecule has 2 rings (SSSR count). The van der Waals surface area contributed by atoms with Gasteiger partial charge in [0.15, 0.2) is 0 Å². The predicted octanol–water partition coefficient (Wildman–Crippen LogP) is 4.28. The molecule has 1 fully saturated rings. The minimum Gasteiger partial charge on any atom is -0.374 e. The summed E-state index contributed by atoms with van der Waals surface area (Å²) in [5.41, 5.74) is 0.198. The summed E-state index contributed by atoms with van der Waals surface area (Å²) in [6.07, 6.45) is 1.80. The number of aryl methyl sites for hydroxylation is 1. The topological polar surface area (TPSA) is 9.23 Å². The molecule has 0 saturated carbocycles. The van der Waals surface area contributed by atoms with Gasteiger partial charge in [0, 0.05) is 12.2 Å². The molecule has 0 N–H and O–H groups in total. The summed E-state index contributed by atoms with van der Waals surface area (Å²) in [7, 11) is 0. The molecule has 0 aliphatic carbocycles. The average Bonchev–Trinajstić information content (AvgIpc) is 2.71. The first-order valence-corrected chi connectivity index (χ1v) is 6.59. The van der Waals surface area contributed by atoms with Gasteiger partial charge in [-0.05, 0) is 44.4 Å². The maximum absolute atomic E-state index is 13.9. The Balaban J connectivity index is 2.36. The van der Waals surface area contributed by atoms with E-state index in [4.69, 9.17) is 4.74 Å². The van der Waals surface area contributed by atoms with Gasteiger partial charge in [-0.25, -0.2) is 8.78 Å². The van der Waals surface area contributed by atoms with Gasteiger partial charge in [-0.3, -0.25) is 0 Å². The van der Waals surface area contributed by atoms with Crippen molar-refractivity contribution < 1.29 is 13.5 Å². The van der Waals surface area contributed by atoms with Crippen molar-refractivity contribution in [1.82, 2.24) is 0 Å². The minimum atomic E-state index is -0.456. The third-order valence-electron chi connectivity index (χ3n) is 3.34. The summed E-state index contributed by atoms with van der Waals surface area (Å²) in [5, 5.41) is 0. The summed E-state index contributed by atoms with van der Waals surface area (Å²) in [6, 6.07) is 2.49. The fourth-order valence-corrected chi connectivity index (χ4v) is 2.90. The van der Waals surface area contributed by atoms with Gasteiger partial charge in [0.1, 0.15) is 11.6 Å². The fraction of sp³-hybridized carbons (Fsp3) is 0.538. The highest BCUT2D eigenvalue weighted by molar-refractivity contribution is 9.09. The van der Waals surface area contributed by atoms with E-state index in [-0.39, 0.29) is 16.5 Å². The number of alkyl halides is 1. The number of ether oxygens (including phenoxy) is 1. The van der Waals surface area contributed by atoms with E-state index >= 15 is 0 Å². The quantitative estimate of drug-likeness (QED) is 0.741. The molecule has 1 aromatic rings. The van der Waals surface area contributed by atoms with Crippen molar-refractivity contribution in [3.05, 3.63) is 34.9 Å². The van der Waals surface area contributed by atoms with E-state index in [9.17, 15) is 8.78 Å². The van der Waals surface area contributed by atoms with Crippen molar-refractivity contribution in [2.45, 2.75) is 37.1 Å². The van der Waals surface area contributed by atoms with Crippen molar-refractivity contribution >= 4 is 15.9 Å². The van der Waals surface area contributed by atoms with E-state index in [1.54, 1.807) is 6.92 Å². The molecule has 94 valence electrons. The van der Waals surface area contributed by atoms with E-state index in [1.807, 2.05) is 6.92 Å². The van der Waals surface area contributed by atoms with Crippen LogP contribution in [0.2, 0.25) is 0 Å². The second-order valence-electron chi connectivity index (χ2n) is 4.75. The largest absolute Gasteiger partial charge is 0.374 e. The summed E-state index contributed by atoms with van der Waals surface area (Å²) in [4.78, 5) is -0.326. The molecule has 2 unspecified atom stereocenters. The molecule has 0 radical (unpaired) electrons. The standard InChI is InChI=1S/C13H15BrF2O/c1-8-6-11(16)9(7-10(8)15)12(14)13(2)4-3-5-17-13/h6-7,12H,3-5H2,1-2H3. The third-order valence-corrected chi connectivity index (χ3v) is 4.80. The first kappa shape index (κ1) is 13.0. The molecule has 17 heavy (non-hydrogen) atoms. The van der Waals surface area contributed by atoms with Crippen LogP contribution in [0.15, 0.2) is 12.1 Å². The normalized spacial score (nSPS) is 26.2. The van der Waals surface area contributed by atoms with Crippen LogP contribution in [0.25, 0.3) is 0 Å². The molecule has 1 aromatic carbocycles. The zero-order chi connectivity index (χ0) is 12.6. The smallest absolute Gasteiger partial charge is 0.128 e. The van der Waals surface area contributed by atoms with E-state index in [0.717, 1.165) is 12.8 Å². The highest BCUT2D eigenvalue weighted by atomic mass is 79.9. The molecule has 2 atom stereocenters. The van der Waals surface area contributed by atoms with Gasteiger partial charge >= 0.3 is 0 Å². The molecule has 1 saturated heterocycles. The molecule has 1 nitrogen and oxygen atoms in total. The molecule has 0 amide bonds. The molecular weight excluding hydrogens is 290 g/mol. The van der Waals surface area contributed by atoms with Crippen molar-refractivity contribution in [3.63, 3.8) is 0 Å². The van der Waals surface area contributed by atoms with E-state index in [1.165, 1.54) is 12.1 Å². The molecule has 1 aliphatic rings. The molecule has 0 bridgehead atoms. The lowest BCUT2D eigenvalue weighted by molar-refractivity contribution is 0.0190. The number of rotatable bonds is 2. The second-order valence-corrected chi connectivity index (χ2v) is 5.67. The second kappa shape index (κ2) is 4.65. The van der Waals surface area contributed by atoms with E-state index in [2.05, 4.69) is 15.9 Å². The van der Waals surface area contributed by atoms with Crippen LogP contribution in [0.5, 0.6) is 0 Å². The van der Waals surface area contributed by atoms with Crippen LogP contribution in [0.3, 0.4) is 0 Å². The number of hydrogen-bond acceptors (Lipinski definition) is 1. The Bertz CT molecular complexity index is 428. The molecular formula is C13H15BrF2O.